The Kier molecular flexibility index (Phi) is 20.2. The first-order valence-corrected chi connectivity index (χ1v) is 13.5. The summed E-state index contributed by atoms with van der Waals surface area (Å²) in [6.45, 7) is 10.4. The second-order valence-electron chi connectivity index (χ2n) is 10.5. The minimum Gasteiger partial charge on any atom is -0.463 e. The summed E-state index contributed by atoms with van der Waals surface area (Å²) < 4.78 is 21.4. The Morgan fingerprint density at radius 2 is 1.58 bits per heavy atom. The number of ether oxygens (including phenoxy) is 4. The Bertz CT molecular complexity index is 607. The lowest BCUT2D eigenvalue weighted by Gasteiger charge is -2.23. The van der Waals surface area contributed by atoms with Crippen molar-refractivity contribution in [3.63, 3.8) is 0 Å². The Morgan fingerprint density at radius 1 is 0.917 bits per heavy atom. The number of hydrazine groups is 1. The van der Waals surface area contributed by atoms with Gasteiger partial charge in [-0.3, -0.25) is 9.59 Å². The van der Waals surface area contributed by atoms with Crippen LogP contribution in [0.5, 0.6) is 0 Å². The Morgan fingerprint density at radius 3 is 2.22 bits per heavy atom. The standard InChI is InChI=1S/C27H53N3O6/c1-6-7-8-9-10-11-12-13-26(32)36-24(22-33-5)21-30(29)20-23(28)14-15-25(31)35-19-18-34-17-16-27(2,3)4/h20,24H,6-19,21-22,28-29H2,1-5H3/b23-20-. The molecule has 0 saturated heterocycles. The van der Waals surface area contributed by atoms with E-state index in [0.29, 0.717) is 31.8 Å². The average Bonchev–Trinajstić information content (AvgIpc) is 2.78. The van der Waals surface area contributed by atoms with Crippen LogP contribution in [0.3, 0.4) is 0 Å². The van der Waals surface area contributed by atoms with Gasteiger partial charge in [-0.1, -0.05) is 66.2 Å². The first kappa shape index (κ1) is 34.2. The summed E-state index contributed by atoms with van der Waals surface area (Å²) in [6, 6.07) is 0. The molecule has 0 aliphatic carbocycles. The molecule has 36 heavy (non-hydrogen) atoms. The van der Waals surface area contributed by atoms with Crippen molar-refractivity contribution < 1.29 is 28.5 Å². The predicted molar refractivity (Wildman–Crippen MR) is 143 cm³/mol. The van der Waals surface area contributed by atoms with Crippen LogP contribution >= 0.6 is 0 Å². The predicted octanol–water partition coefficient (Wildman–Crippen LogP) is 4.44. The van der Waals surface area contributed by atoms with Gasteiger partial charge in [-0.05, 0) is 24.7 Å². The number of rotatable bonds is 22. The van der Waals surface area contributed by atoms with Gasteiger partial charge < -0.3 is 29.7 Å². The fraction of sp³-hybridized carbons (Fsp3) is 0.852. The quantitative estimate of drug-likeness (QED) is 0.0931. The average molecular weight is 516 g/mol. The van der Waals surface area contributed by atoms with E-state index in [-0.39, 0.29) is 43.5 Å². The number of nitrogens with zero attached hydrogens (tertiary/aromatic N) is 1. The number of allylic oxidation sites excluding steroid dienone is 1. The zero-order valence-corrected chi connectivity index (χ0v) is 23.5. The molecule has 0 aromatic heterocycles. The van der Waals surface area contributed by atoms with Gasteiger partial charge in [-0.2, -0.15) is 0 Å². The van der Waals surface area contributed by atoms with Gasteiger partial charge in [0, 0.05) is 32.0 Å². The van der Waals surface area contributed by atoms with Crippen molar-refractivity contribution in [3.8, 4) is 0 Å². The molecule has 9 heteroatoms. The summed E-state index contributed by atoms with van der Waals surface area (Å²) in [4.78, 5) is 24.1. The Balaban J connectivity index is 4.17. The normalized spacial score (nSPS) is 12.9. The number of methoxy groups -OCH3 is 1. The van der Waals surface area contributed by atoms with Crippen LogP contribution in [0.2, 0.25) is 0 Å². The smallest absolute Gasteiger partial charge is 0.306 e. The first-order valence-electron chi connectivity index (χ1n) is 13.5. The maximum atomic E-state index is 12.2. The van der Waals surface area contributed by atoms with Crippen LogP contribution in [0.25, 0.3) is 0 Å². The first-order chi connectivity index (χ1) is 17.1. The highest BCUT2D eigenvalue weighted by Crippen LogP contribution is 2.17. The molecule has 0 aliphatic heterocycles. The molecular weight excluding hydrogens is 462 g/mol. The minimum atomic E-state index is -0.510. The SMILES string of the molecule is CCCCCCCCCC(=O)OC(COC)CN(N)/C=C(\N)CCC(=O)OCCOCCC(C)(C)C. The molecule has 0 fully saturated rings. The van der Waals surface area contributed by atoms with Crippen molar-refractivity contribution in [3.05, 3.63) is 11.9 Å². The van der Waals surface area contributed by atoms with Crippen LogP contribution < -0.4 is 11.6 Å². The third kappa shape index (κ3) is 22.6. The molecule has 4 N–H and O–H groups in total. The fourth-order valence-electron chi connectivity index (χ4n) is 3.36. The van der Waals surface area contributed by atoms with Crippen molar-refractivity contribution in [2.45, 2.75) is 104 Å². The van der Waals surface area contributed by atoms with Crippen LogP contribution in [0.15, 0.2) is 11.9 Å². The summed E-state index contributed by atoms with van der Waals surface area (Å²) in [5, 5.41) is 1.36. The highest BCUT2D eigenvalue weighted by molar-refractivity contribution is 5.69. The van der Waals surface area contributed by atoms with Gasteiger partial charge in [-0.25, -0.2) is 5.84 Å². The molecule has 0 bridgehead atoms. The number of hydrogen-bond acceptors (Lipinski definition) is 9. The second kappa shape index (κ2) is 21.3. The number of esters is 2. The maximum Gasteiger partial charge on any atom is 0.306 e. The van der Waals surface area contributed by atoms with E-state index in [1.807, 2.05) is 0 Å². The molecule has 0 amide bonds. The van der Waals surface area contributed by atoms with Gasteiger partial charge in [0.05, 0.1) is 26.2 Å². The van der Waals surface area contributed by atoms with Crippen molar-refractivity contribution in [1.82, 2.24) is 5.01 Å². The number of unbranched alkanes of at least 4 members (excludes halogenated alkanes) is 6. The van der Waals surface area contributed by atoms with Crippen molar-refractivity contribution >= 4 is 11.9 Å². The second-order valence-corrected chi connectivity index (χ2v) is 10.5. The van der Waals surface area contributed by atoms with Crippen molar-refractivity contribution in [1.29, 1.82) is 0 Å². The Hall–Kier alpha value is -1.84. The van der Waals surface area contributed by atoms with E-state index >= 15 is 0 Å². The van der Waals surface area contributed by atoms with Crippen LogP contribution in [-0.4, -0.2) is 63.1 Å². The molecule has 0 radical (unpaired) electrons. The van der Waals surface area contributed by atoms with Crippen LogP contribution in [0, 0.1) is 5.41 Å². The molecule has 0 saturated carbocycles. The van der Waals surface area contributed by atoms with Gasteiger partial charge in [0.15, 0.2) is 0 Å². The number of hydrogen-bond donors (Lipinski definition) is 2. The minimum absolute atomic E-state index is 0.146. The van der Waals surface area contributed by atoms with Crippen molar-refractivity contribution in [2.24, 2.45) is 17.0 Å². The summed E-state index contributed by atoms with van der Waals surface area (Å²) in [7, 11) is 1.55. The maximum absolute atomic E-state index is 12.2. The van der Waals surface area contributed by atoms with E-state index in [1.165, 1.54) is 36.9 Å². The van der Waals surface area contributed by atoms with Crippen LogP contribution in [0.1, 0.15) is 98.3 Å². The summed E-state index contributed by atoms with van der Waals surface area (Å²) >= 11 is 0. The number of carbonyl (C=O) groups is 2. The fourth-order valence-corrected chi connectivity index (χ4v) is 3.36. The largest absolute Gasteiger partial charge is 0.463 e. The van der Waals surface area contributed by atoms with Gasteiger partial charge >= 0.3 is 11.9 Å². The number of carbonyl (C=O) groups excluding carboxylic acids is 2. The summed E-state index contributed by atoms with van der Waals surface area (Å²) in [5.74, 6) is 5.43. The van der Waals surface area contributed by atoms with E-state index in [9.17, 15) is 9.59 Å². The zero-order chi connectivity index (χ0) is 27.2. The Labute approximate surface area is 219 Å². The molecule has 212 valence electrons. The van der Waals surface area contributed by atoms with E-state index < -0.39 is 6.10 Å². The molecule has 9 nitrogen and oxygen atoms in total. The van der Waals surface area contributed by atoms with Crippen LogP contribution in [0.4, 0.5) is 0 Å². The molecule has 1 unspecified atom stereocenters. The molecule has 0 rings (SSSR count). The van der Waals surface area contributed by atoms with Crippen molar-refractivity contribution in [2.75, 3.05) is 40.1 Å². The molecule has 0 aromatic rings. The van der Waals surface area contributed by atoms with Gasteiger partial charge in [0.1, 0.15) is 12.7 Å². The topological polar surface area (TPSA) is 126 Å². The highest BCUT2D eigenvalue weighted by Gasteiger charge is 2.16. The van der Waals surface area contributed by atoms with Gasteiger partial charge in [-0.15, -0.1) is 0 Å². The molecular formula is C27H53N3O6. The van der Waals surface area contributed by atoms with E-state index in [2.05, 4.69) is 27.7 Å². The molecule has 1 atom stereocenters. The van der Waals surface area contributed by atoms with Gasteiger partial charge in [0.25, 0.3) is 0 Å². The molecule has 0 heterocycles. The zero-order valence-electron chi connectivity index (χ0n) is 23.5. The lowest BCUT2D eigenvalue weighted by atomic mass is 9.93. The van der Waals surface area contributed by atoms with E-state index in [4.69, 9.17) is 30.5 Å². The van der Waals surface area contributed by atoms with Crippen LogP contribution in [-0.2, 0) is 28.5 Å². The highest BCUT2D eigenvalue weighted by atomic mass is 16.6. The third-order valence-electron chi connectivity index (χ3n) is 5.49. The monoisotopic (exact) mass is 515 g/mol. The lowest BCUT2D eigenvalue weighted by molar-refractivity contribution is -0.152. The van der Waals surface area contributed by atoms with E-state index in [1.54, 1.807) is 7.11 Å². The lowest BCUT2D eigenvalue weighted by Crippen LogP contribution is -2.39. The molecule has 0 spiro atoms. The molecule has 0 aromatic carbocycles. The molecule has 0 aliphatic rings. The summed E-state index contributed by atoms with van der Waals surface area (Å²) in [5.41, 5.74) is 6.65. The number of nitrogens with two attached hydrogens (primary N) is 2. The van der Waals surface area contributed by atoms with E-state index in [0.717, 1.165) is 25.7 Å². The summed E-state index contributed by atoms with van der Waals surface area (Å²) in [6.07, 6.45) is 10.8. The van der Waals surface area contributed by atoms with Gasteiger partial charge in [0.2, 0.25) is 0 Å². The third-order valence-corrected chi connectivity index (χ3v) is 5.49.